The topological polar surface area (TPSA) is 72.7 Å². The molecule has 3 aromatic rings. The van der Waals surface area contributed by atoms with Crippen molar-refractivity contribution in [2.45, 2.75) is 19.9 Å². The SMILES string of the molecule is CCNC(=NCc1ccn(-c2ccc(OC)cc2)n1)NCCc1ccccc1OC. The molecule has 2 N–H and O–H groups in total. The summed E-state index contributed by atoms with van der Waals surface area (Å²) in [4.78, 5) is 4.66. The molecule has 0 saturated heterocycles. The fourth-order valence-electron chi connectivity index (χ4n) is 3.05. The van der Waals surface area contributed by atoms with Crippen molar-refractivity contribution in [1.82, 2.24) is 20.4 Å². The largest absolute Gasteiger partial charge is 0.497 e. The molecule has 1 heterocycles. The van der Waals surface area contributed by atoms with E-state index >= 15 is 0 Å². The summed E-state index contributed by atoms with van der Waals surface area (Å²) in [6, 6.07) is 17.8. The van der Waals surface area contributed by atoms with E-state index in [0.29, 0.717) is 6.54 Å². The number of para-hydroxylation sites is 1. The monoisotopic (exact) mass is 407 g/mol. The first kappa shape index (κ1) is 21.2. The molecule has 0 spiro atoms. The third kappa shape index (κ3) is 5.76. The van der Waals surface area contributed by atoms with Crippen LogP contribution in [0.2, 0.25) is 0 Å². The van der Waals surface area contributed by atoms with Crippen molar-refractivity contribution in [3.05, 3.63) is 72.1 Å². The predicted octanol–water partition coefficient (Wildman–Crippen LogP) is 3.19. The zero-order valence-electron chi connectivity index (χ0n) is 17.8. The van der Waals surface area contributed by atoms with Crippen LogP contribution in [0.25, 0.3) is 5.69 Å². The van der Waals surface area contributed by atoms with Gasteiger partial charge in [-0.3, -0.25) is 0 Å². The molecule has 0 amide bonds. The van der Waals surface area contributed by atoms with Crippen LogP contribution in [0.1, 0.15) is 18.2 Å². The van der Waals surface area contributed by atoms with Crippen LogP contribution in [0.4, 0.5) is 0 Å². The van der Waals surface area contributed by atoms with Crippen molar-refractivity contribution in [3.63, 3.8) is 0 Å². The Morgan fingerprint density at radius 1 is 1.00 bits per heavy atom. The number of rotatable bonds is 9. The number of hydrogen-bond acceptors (Lipinski definition) is 4. The molecule has 30 heavy (non-hydrogen) atoms. The fourth-order valence-corrected chi connectivity index (χ4v) is 3.05. The number of aliphatic imine (C=N–C) groups is 1. The van der Waals surface area contributed by atoms with Gasteiger partial charge in [0.2, 0.25) is 0 Å². The van der Waals surface area contributed by atoms with E-state index < -0.39 is 0 Å². The van der Waals surface area contributed by atoms with Crippen molar-refractivity contribution < 1.29 is 9.47 Å². The third-order valence-corrected chi connectivity index (χ3v) is 4.60. The van der Waals surface area contributed by atoms with Gasteiger partial charge in [-0.15, -0.1) is 0 Å². The molecule has 7 nitrogen and oxygen atoms in total. The van der Waals surface area contributed by atoms with E-state index in [1.807, 2.05) is 59.4 Å². The summed E-state index contributed by atoms with van der Waals surface area (Å²) >= 11 is 0. The first-order valence-electron chi connectivity index (χ1n) is 10.1. The second kappa shape index (κ2) is 10.9. The lowest BCUT2D eigenvalue weighted by molar-refractivity contribution is 0.409. The molecule has 7 heteroatoms. The lowest BCUT2D eigenvalue weighted by Gasteiger charge is -2.12. The van der Waals surface area contributed by atoms with Gasteiger partial charge in [0.05, 0.1) is 32.1 Å². The molecular weight excluding hydrogens is 378 g/mol. The number of ether oxygens (including phenoxy) is 2. The van der Waals surface area contributed by atoms with E-state index in [-0.39, 0.29) is 0 Å². The molecule has 0 atom stereocenters. The number of benzene rings is 2. The minimum Gasteiger partial charge on any atom is -0.497 e. The van der Waals surface area contributed by atoms with Gasteiger partial charge in [-0.1, -0.05) is 18.2 Å². The standard InChI is InChI=1S/C23H29N5O2/c1-4-24-23(25-15-13-18-7-5-6-8-22(18)30-3)26-17-19-14-16-28(27-19)20-9-11-21(29-2)12-10-20/h5-12,14,16H,4,13,15,17H2,1-3H3,(H2,24,25,26). The molecule has 0 aliphatic rings. The van der Waals surface area contributed by atoms with Gasteiger partial charge in [0.15, 0.2) is 5.96 Å². The Kier molecular flexibility index (Phi) is 7.71. The van der Waals surface area contributed by atoms with Gasteiger partial charge in [0.1, 0.15) is 11.5 Å². The highest BCUT2D eigenvalue weighted by molar-refractivity contribution is 5.79. The Bertz CT molecular complexity index is 950. The van der Waals surface area contributed by atoms with Gasteiger partial charge >= 0.3 is 0 Å². The highest BCUT2D eigenvalue weighted by Crippen LogP contribution is 2.17. The van der Waals surface area contributed by atoms with E-state index in [0.717, 1.165) is 48.4 Å². The van der Waals surface area contributed by atoms with Crippen LogP contribution in [-0.4, -0.2) is 43.0 Å². The van der Waals surface area contributed by atoms with Crippen molar-refractivity contribution in [3.8, 4) is 17.2 Å². The number of guanidine groups is 1. The Morgan fingerprint density at radius 3 is 2.53 bits per heavy atom. The zero-order valence-corrected chi connectivity index (χ0v) is 17.8. The summed E-state index contributed by atoms with van der Waals surface area (Å²) in [5.41, 5.74) is 3.04. The lowest BCUT2D eigenvalue weighted by Crippen LogP contribution is -2.38. The van der Waals surface area contributed by atoms with Crippen molar-refractivity contribution in [2.24, 2.45) is 4.99 Å². The van der Waals surface area contributed by atoms with Gasteiger partial charge in [0, 0.05) is 19.3 Å². The normalized spacial score (nSPS) is 11.2. The van der Waals surface area contributed by atoms with Crippen molar-refractivity contribution >= 4 is 5.96 Å². The maximum absolute atomic E-state index is 5.42. The molecule has 0 bridgehead atoms. The lowest BCUT2D eigenvalue weighted by atomic mass is 10.1. The molecule has 0 aliphatic carbocycles. The second-order valence-electron chi connectivity index (χ2n) is 6.63. The van der Waals surface area contributed by atoms with E-state index in [2.05, 4.69) is 33.7 Å². The van der Waals surface area contributed by atoms with Gasteiger partial charge in [0.25, 0.3) is 0 Å². The Labute approximate surface area is 177 Å². The summed E-state index contributed by atoms with van der Waals surface area (Å²) < 4.78 is 12.5. The smallest absolute Gasteiger partial charge is 0.191 e. The average molecular weight is 408 g/mol. The minimum absolute atomic E-state index is 0.493. The van der Waals surface area contributed by atoms with Gasteiger partial charge in [-0.05, 0) is 55.3 Å². The molecule has 0 fully saturated rings. The van der Waals surface area contributed by atoms with E-state index in [1.54, 1.807) is 14.2 Å². The summed E-state index contributed by atoms with van der Waals surface area (Å²) in [6.07, 6.45) is 2.79. The average Bonchev–Trinajstić information content (AvgIpc) is 3.27. The number of methoxy groups -OCH3 is 2. The number of nitrogens with one attached hydrogen (secondary N) is 2. The van der Waals surface area contributed by atoms with Crippen LogP contribution >= 0.6 is 0 Å². The first-order valence-corrected chi connectivity index (χ1v) is 10.1. The Hall–Kier alpha value is -3.48. The molecule has 3 rings (SSSR count). The predicted molar refractivity (Wildman–Crippen MR) is 120 cm³/mol. The Morgan fingerprint density at radius 2 is 1.80 bits per heavy atom. The maximum atomic E-state index is 5.42. The van der Waals surface area contributed by atoms with Crippen molar-refractivity contribution in [2.75, 3.05) is 27.3 Å². The van der Waals surface area contributed by atoms with Gasteiger partial charge < -0.3 is 20.1 Å². The fraction of sp³-hybridized carbons (Fsp3) is 0.304. The van der Waals surface area contributed by atoms with Gasteiger partial charge in [-0.2, -0.15) is 5.10 Å². The summed E-state index contributed by atoms with van der Waals surface area (Å²) in [6.45, 7) is 4.09. The van der Waals surface area contributed by atoms with Crippen LogP contribution in [-0.2, 0) is 13.0 Å². The summed E-state index contributed by atoms with van der Waals surface area (Å²) in [5, 5.41) is 11.3. The number of aromatic nitrogens is 2. The molecule has 0 unspecified atom stereocenters. The van der Waals surface area contributed by atoms with E-state index in [4.69, 9.17) is 9.47 Å². The van der Waals surface area contributed by atoms with Gasteiger partial charge in [-0.25, -0.2) is 9.67 Å². The molecule has 0 saturated carbocycles. The maximum Gasteiger partial charge on any atom is 0.191 e. The summed E-state index contributed by atoms with van der Waals surface area (Å²) in [5.74, 6) is 2.50. The second-order valence-corrected chi connectivity index (χ2v) is 6.63. The molecule has 158 valence electrons. The van der Waals surface area contributed by atoms with Crippen LogP contribution < -0.4 is 20.1 Å². The molecule has 0 radical (unpaired) electrons. The summed E-state index contributed by atoms with van der Waals surface area (Å²) in [7, 11) is 3.36. The van der Waals surface area contributed by atoms with Crippen LogP contribution in [0.15, 0.2) is 65.8 Å². The van der Waals surface area contributed by atoms with Crippen LogP contribution in [0.5, 0.6) is 11.5 Å². The first-order chi connectivity index (χ1) is 14.7. The molecule has 2 aromatic carbocycles. The minimum atomic E-state index is 0.493. The van der Waals surface area contributed by atoms with Crippen molar-refractivity contribution in [1.29, 1.82) is 0 Å². The highest BCUT2D eigenvalue weighted by atomic mass is 16.5. The molecule has 1 aromatic heterocycles. The third-order valence-electron chi connectivity index (χ3n) is 4.60. The number of hydrogen-bond donors (Lipinski definition) is 2. The zero-order chi connectivity index (χ0) is 21.2. The van der Waals surface area contributed by atoms with Crippen LogP contribution in [0.3, 0.4) is 0 Å². The highest BCUT2D eigenvalue weighted by Gasteiger charge is 2.05. The number of nitrogens with zero attached hydrogens (tertiary/aromatic N) is 3. The quantitative estimate of drug-likeness (QED) is 0.421. The Balaban J connectivity index is 1.58. The van der Waals surface area contributed by atoms with Crippen LogP contribution in [0, 0.1) is 0 Å². The molecule has 0 aliphatic heterocycles. The molecular formula is C23H29N5O2. The van der Waals surface area contributed by atoms with E-state index in [1.165, 1.54) is 5.56 Å². The van der Waals surface area contributed by atoms with E-state index in [9.17, 15) is 0 Å².